The van der Waals surface area contributed by atoms with E-state index < -0.39 is 0 Å². The van der Waals surface area contributed by atoms with Gasteiger partial charge in [0.25, 0.3) is 0 Å². The van der Waals surface area contributed by atoms with Crippen molar-refractivity contribution in [3.05, 3.63) is 47.4 Å². The van der Waals surface area contributed by atoms with E-state index in [1.807, 2.05) is 0 Å². The Hall–Kier alpha value is -1.75. The van der Waals surface area contributed by atoms with Crippen LogP contribution in [0, 0.1) is 5.82 Å². The molecule has 112 valence electrons. The molecule has 0 unspecified atom stereocenters. The molecule has 21 heavy (non-hydrogen) atoms. The average Bonchev–Trinajstić information content (AvgIpc) is 2.99. The maximum atomic E-state index is 12.9. The number of nitrogens with zero attached hydrogens (tertiary/aromatic N) is 2. The van der Waals surface area contributed by atoms with Gasteiger partial charge >= 0.3 is 0 Å². The number of nitrogens with one attached hydrogen (secondary N) is 1. The van der Waals surface area contributed by atoms with E-state index in [0.717, 1.165) is 43.8 Å². The van der Waals surface area contributed by atoms with Crippen LogP contribution in [-0.4, -0.2) is 23.2 Å². The minimum atomic E-state index is -0.229. The molecule has 0 radical (unpaired) electrons. The maximum absolute atomic E-state index is 12.9. The van der Waals surface area contributed by atoms with Gasteiger partial charge in [-0.25, -0.2) is 4.39 Å². The quantitative estimate of drug-likeness (QED) is 0.940. The van der Waals surface area contributed by atoms with E-state index in [9.17, 15) is 4.39 Å². The summed E-state index contributed by atoms with van der Waals surface area (Å²) in [6, 6.07) is 6.42. The van der Waals surface area contributed by atoms with Gasteiger partial charge in [-0.1, -0.05) is 24.2 Å². The molecule has 1 saturated heterocycles. The lowest BCUT2D eigenvalue weighted by Crippen LogP contribution is -2.39. The molecule has 1 fully saturated rings. The van der Waals surface area contributed by atoms with Gasteiger partial charge in [0.1, 0.15) is 5.82 Å². The Kier molecular flexibility index (Phi) is 4.01. The summed E-state index contributed by atoms with van der Waals surface area (Å²) in [6.07, 6.45) is 3.64. The van der Waals surface area contributed by atoms with Crippen molar-refractivity contribution in [1.29, 1.82) is 0 Å². The van der Waals surface area contributed by atoms with Gasteiger partial charge in [0.2, 0.25) is 5.89 Å². The highest BCUT2D eigenvalue weighted by Crippen LogP contribution is 2.35. The largest absolute Gasteiger partial charge is 0.339 e. The third-order valence-corrected chi connectivity index (χ3v) is 4.43. The molecule has 3 rings (SSSR count). The van der Waals surface area contributed by atoms with Crippen molar-refractivity contribution in [1.82, 2.24) is 15.5 Å². The van der Waals surface area contributed by atoms with Crippen LogP contribution < -0.4 is 5.32 Å². The second-order valence-corrected chi connectivity index (χ2v) is 5.70. The van der Waals surface area contributed by atoms with Gasteiger partial charge in [-0.05, 0) is 50.0 Å². The first-order chi connectivity index (χ1) is 10.2. The zero-order chi connectivity index (χ0) is 14.7. The SMILES string of the molecule is CCC1(c2nc(Cc3ccc(F)cc3)no2)CCNCC1. The lowest BCUT2D eigenvalue weighted by molar-refractivity contribution is 0.216. The number of rotatable bonds is 4. The Morgan fingerprint density at radius 3 is 2.62 bits per heavy atom. The molecular formula is C16H20FN3O. The first-order valence-corrected chi connectivity index (χ1v) is 7.50. The summed E-state index contributed by atoms with van der Waals surface area (Å²) in [5.74, 6) is 1.19. The average molecular weight is 289 g/mol. The van der Waals surface area contributed by atoms with E-state index in [2.05, 4.69) is 22.4 Å². The van der Waals surface area contributed by atoms with Crippen LogP contribution in [0.3, 0.4) is 0 Å². The summed E-state index contributed by atoms with van der Waals surface area (Å²) in [7, 11) is 0. The molecule has 0 atom stereocenters. The minimum absolute atomic E-state index is 0.0132. The molecule has 2 heterocycles. The summed E-state index contributed by atoms with van der Waals surface area (Å²) >= 11 is 0. The Bertz CT molecular complexity index is 588. The molecule has 1 aromatic heterocycles. The van der Waals surface area contributed by atoms with Gasteiger partial charge < -0.3 is 9.84 Å². The molecule has 0 bridgehead atoms. The minimum Gasteiger partial charge on any atom is -0.339 e. The van der Waals surface area contributed by atoms with Crippen molar-refractivity contribution in [2.75, 3.05) is 13.1 Å². The first-order valence-electron chi connectivity index (χ1n) is 7.50. The van der Waals surface area contributed by atoms with Crippen molar-refractivity contribution >= 4 is 0 Å². The van der Waals surface area contributed by atoms with E-state index in [1.54, 1.807) is 12.1 Å². The Morgan fingerprint density at radius 1 is 1.24 bits per heavy atom. The van der Waals surface area contributed by atoms with E-state index in [4.69, 9.17) is 4.52 Å². The molecule has 0 amide bonds. The van der Waals surface area contributed by atoms with Crippen LogP contribution >= 0.6 is 0 Å². The van der Waals surface area contributed by atoms with Gasteiger partial charge in [0.15, 0.2) is 5.82 Å². The summed E-state index contributed by atoms with van der Waals surface area (Å²) < 4.78 is 18.4. The van der Waals surface area contributed by atoms with Crippen LogP contribution in [-0.2, 0) is 11.8 Å². The van der Waals surface area contributed by atoms with Crippen molar-refractivity contribution in [2.24, 2.45) is 0 Å². The second kappa shape index (κ2) is 5.93. The lowest BCUT2D eigenvalue weighted by Gasteiger charge is -2.33. The van der Waals surface area contributed by atoms with Gasteiger partial charge in [0.05, 0.1) is 5.41 Å². The van der Waals surface area contributed by atoms with E-state index in [0.29, 0.717) is 12.2 Å². The highest BCUT2D eigenvalue weighted by Gasteiger charge is 2.37. The fraction of sp³-hybridized carbons (Fsp3) is 0.500. The molecule has 4 nitrogen and oxygen atoms in total. The van der Waals surface area contributed by atoms with E-state index in [-0.39, 0.29) is 11.2 Å². The third-order valence-electron chi connectivity index (χ3n) is 4.43. The predicted octanol–water partition coefficient (Wildman–Crippen LogP) is 2.83. The van der Waals surface area contributed by atoms with Crippen molar-refractivity contribution in [2.45, 2.75) is 38.0 Å². The second-order valence-electron chi connectivity index (χ2n) is 5.70. The van der Waals surface area contributed by atoms with Gasteiger partial charge in [-0.15, -0.1) is 0 Å². The number of halogens is 1. The molecule has 5 heteroatoms. The Labute approximate surface area is 123 Å². The molecular weight excluding hydrogens is 269 g/mol. The Morgan fingerprint density at radius 2 is 1.95 bits per heavy atom. The zero-order valence-electron chi connectivity index (χ0n) is 12.2. The van der Waals surface area contributed by atoms with Crippen LogP contribution in [0.4, 0.5) is 4.39 Å². The topological polar surface area (TPSA) is 51.0 Å². The van der Waals surface area contributed by atoms with Crippen molar-refractivity contribution < 1.29 is 8.91 Å². The van der Waals surface area contributed by atoms with Crippen LogP contribution in [0.5, 0.6) is 0 Å². The van der Waals surface area contributed by atoms with Gasteiger partial charge in [-0.3, -0.25) is 0 Å². The maximum Gasteiger partial charge on any atom is 0.232 e. The van der Waals surface area contributed by atoms with Gasteiger partial charge in [-0.2, -0.15) is 4.98 Å². The number of hydrogen-bond donors (Lipinski definition) is 1. The first kappa shape index (κ1) is 14.2. The number of aromatic nitrogens is 2. The van der Waals surface area contributed by atoms with Gasteiger partial charge in [0, 0.05) is 6.42 Å². The fourth-order valence-corrected chi connectivity index (χ4v) is 2.95. The fourth-order valence-electron chi connectivity index (χ4n) is 2.95. The molecule has 0 spiro atoms. The molecule has 2 aromatic rings. The number of hydrogen-bond acceptors (Lipinski definition) is 4. The predicted molar refractivity (Wildman–Crippen MR) is 77.6 cm³/mol. The molecule has 1 aromatic carbocycles. The monoisotopic (exact) mass is 289 g/mol. The highest BCUT2D eigenvalue weighted by molar-refractivity contribution is 5.20. The normalized spacial score (nSPS) is 17.8. The Balaban J connectivity index is 1.77. The molecule has 1 N–H and O–H groups in total. The summed E-state index contributed by atoms with van der Waals surface area (Å²) in [5.41, 5.74) is 0.999. The smallest absolute Gasteiger partial charge is 0.232 e. The molecule has 0 saturated carbocycles. The standard InChI is InChI=1S/C16H20FN3O/c1-2-16(7-9-18-10-8-16)15-19-14(20-21-15)11-12-3-5-13(17)6-4-12/h3-6,18H,2,7-11H2,1H3. The van der Waals surface area contributed by atoms with Crippen LogP contribution in [0.25, 0.3) is 0 Å². The summed E-state index contributed by atoms with van der Waals surface area (Å²) in [5, 5.41) is 7.47. The van der Waals surface area contributed by atoms with Crippen molar-refractivity contribution in [3.63, 3.8) is 0 Å². The molecule has 0 aliphatic carbocycles. The summed E-state index contributed by atoms with van der Waals surface area (Å²) in [4.78, 5) is 4.60. The number of benzene rings is 1. The lowest BCUT2D eigenvalue weighted by atomic mass is 9.76. The number of piperidine rings is 1. The van der Waals surface area contributed by atoms with Crippen LogP contribution in [0.15, 0.2) is 28.8 Å². The summed E-state index contributed by atoms with van der Waals surface area (Å²) in [6.45, 7) is 4.15. The highest BCUT2D eigenvalue weighted by atomic mass is 19.1. The van der Waals surface area contributed by atoms with Crippen LogP contribution in [0.2, 0.25) is 0 Å². The molecule has 1 aliphatic rings. The third kappa shape index (κ3) is 2.97. The van der Waals surface area contributed by atoms with Crippen LogP contribution in [0.1, 0.15) is 43.5 Å². The zero-order valence-corrected chi connectivity index (χ0v) is 12.2. The molecule has 1 aliphatic heterocycles. The van der Waals surface area contributed by atoms with E-state index in [1.165, 1.54) is 12.1 Å². The van der Waals surface area contributed by atoms with E-state index >= 15 is 0 Å². The van der Waals surface area contributed by atoms with Crippen molar-refractivity contribution in [3.8, 4) is 0 Å².